The standard InChI is InChI=1S/C21H30FN5O2S/c1-15(2)13-27-20(26-9-11-29-12-10-26)23-24-21(27)30-14-19(28)25(4)16(3)17-5-7-18(22)8-6-17/h5-8,15-16H,9-14H2,1-4H3. The van der Waals surface area contributed by atoms with Crippen molar-refractivity contribution in [2.24, 2.45) is 5.92 Å². The molecule has 1 unspecified atom stereocenters. The van der Waals surface area contributed by atoms with E-state index in [2.05, 4.69) is 33.5 Å². The molecule has 1 saturated heterocycles. The molecule has 0 N–H and O–H groups in total. The number of amides is 1. The van der Waals surface area contributed by atoms with Crippen molar-refractivity contribution in [1.29, 1.82) is 0 Å². The molecule has 0 aliphatic carbocycles. The van der Waals surface area contributed by atoms with E-state index in [1.807, 2.05) is 6.92 Å². The number of carbonyl (C=O) groups excluding carboxylic acids is 1. The van der Waals surface area contributed by atoms with E-state index in [9.17, 15) is 9.18 Å². The molecule has 7 nitrogen and oxygen atoms in total. The SMILES string of the molecule is CC(C)Cn1c(SCC(=O)N(C)C(C)c2ccc(F)cc2)nnc1N1CCOCC1. The number of anilines is 1. The van der Waals surface area contributed by atoms with Crippen LogP contribution in [0.15, 0.2) is 29.4 Å². The second kappa shape index (κ2) is 10.3. The summed E-state index contributed by atoms with van der Waals surface area (Å²) < 4.78 is 20.7. The Labute approximate surface area is 181 Å². The lowest BCUT2D eigenvalue weighted by molar-refractivity contribution is -0.128. The van der Waals surface area contributed by atoms with E-state index in [0.717, 1.165) is 36.3 Å². The number of morpholine rings is 1. The summed E-state index contributed by atoms with van der Waals surface area (Å²) in [6.07, 6.45) is 0. The summed E-state index contributed by atoms with van der Waals surface area (Å²) in [6.45, 7) is 9.98. The molecule has 2 heterocycles. The Kier molecular flexibility index (Phi) is 7.71. The number of aromatic nitrogens is 3. The number of carbonyl (C=O) groups is 1. The van der Waals surface area contributed by atoms with Crippen LogP contribution in [0.5, 0.6) is 0 Å². The highest BCUT2D eigenvalue weighted by molar-refractivity contribution is 7.99. The van der Waals surface area contributed by atoms with Crippen LogP contribution in [0.4, 0.5) is 10.3 Å². The van der Waals surface area contributed by atoms with Crippen molar-refractivity contribution in [3.63, 3.8) is 0 Å². The molecule has 1 aromatic heterocycles. The Morgan fingerprint density at radius 3 is 2.50 bits per heavy atom. The number of benzene rings is 1. The minimum Gasteiger partial charge on any atom is -0.378 e. The predicted octanol–water partition coefficient (Wildman–Crippen LogP) is 3.22. The Morgan fingerprint density at radius 2 is 1.87 bits per heavy atom. The van der Waals surface area contributed by atoms with Crippen LogP contribution in [0.3, 0.4) is 0 Å². The van der Waals surface area contributed by atoms with Crippen LogP contribution in [0.1, 0.15) is 32.4 Å². The maximum atomic E-state index is 13.2. The lowest BCUT2D eigenvalue weighted by atomic mass is 10.1. The van der Waals surface area contributed by atoms with Gasteiger partial charge in [0.2, 0.25) is 11.9 Å². The van der Waals surface area contributed by atoms with Gasteiger partial charge in [-0.1, -0.05) is 37.7 Å². The van der Waals surface area contributed by atoms with Gasteiger partial charge in [0.05, 0.1) is 25.0 Å². The molecule has 0 radical (unpaired) electrons. The third kappa shape index (κ3) is 5.51. The smallest absolute Gasteiger partial charge is 0.233 e. The van der Waals surface area contributed by atoms with Crippen LogP contribution in [0.2, 0.25) is 0 Å². The van der Waals surface area contributed by atoms with Gasteiger partial charge in [0, 0.05) is 26.7 Å². The summed E-state index contributed by atoms with van der Waals surface area (Å²) >= 11 is 1.41. The first-order chi connectivity index (χ1) is 14.4. The Bertz CT molecular complexity index is 836. The van der Waals surface area contributed by atoms with E-state index in [-0.39, 0.29) is 23.5 Å². The van der Waals surface area contributed by atoms with Crippen LogP contribution in [-0.4, -0.2) is 64.7 Å². The zero-order valence-electron chi connectivity index (χ0n) is 18.0. The molecule has 30 heavy (non-hydrogen) atoms. The quantitative estimate of drug-likeness (QED) is 0.594. The van der Waals surface area contributed by atoms with Crippen molar-refractivity contribution in [3.8, 4) is 0 Å². The first kappa shape index (κ1) is 22.6. The third-order valence-corrected chi connectivity index (χ3v) is 6.14. The van der Waals surface area contributed by atoms with Crippen molar-refractivity contribution >= 4 is 23.6 Å². The number of ether oxygens (including phenoxy) is 1. The van der Waals surface area contributed by atoms with E-state index in [4.69, 9.17) is 4.74 Å². The van der Waals surface area contributed by atoms with Gasteiger partial charge in [-0.2, -0.15) is 0 Å². The fourth-order valence-corrected chi connectivity index (χ4v) is 4.19. The molecule has 164 valence electrons. The monoisotopic (exact) mass is 435 g/mol. The Hall–Kier alpha value is -2.13. The molecule has 1 aliphatic heterocycles. The molecule has 1 fully saturated rings. The Balaban J connectivity index is 1.67. The third-order valence-electron chi connectivity index (χ3n) is 5.19. The Morgan fingerprint density at radius 1 is 1.20 bits per heavy atom. The summed E-state index contributed by atoms with van der Waals surface area (Å²) in [5.41, 5.74) is 0.898. The van der Waals surface area contributed by atoms with Gasteiger partial charge in [0.25, 0.3) is 0 Å². The summed E-state index contributed by atoms with van der Waals surface area (Å²) in [7, 11) is 1.77. The normalized spacial score (nSPS) is 15.5. The van der Waals surface area contributed by atoms with Crippen molar-refractivity contribution in [2.45, 2.75) is 38.5 Å². The largest absolute Gasteiger partial charge is 0.378 e. The lowest BCUT2D eigenvalue weighted by Gasteiger charge is -2.28. The fourth-order valence-electron chi connectivity index (χ4n) is 3.32. The van der Waals surface area contributed by atoms with Gasteiger partial charge in [-0.3, -0.25) is 9.36 Å². The van der Waals surface area contributed by atoms with Gasteiger partial charge in [0.15, 0.2) is 5.16 Å². The second-order valence-corrected chi connectivity index (χ2v) is 8.85. The number of nitrogens with zero attached hydrogens (tertiary/aromatic N) is 5. The maximum Gasteiger partial charge on any atom is 0.233 e. The summed E-state index contributed by atoms with van der Waals surface area (Å²) in [5, 5.41) is 9.53. The first-order valence-electron chi connectivity index (χ1n) is 10.3. The second-order valence-electron chi connectivity index (χ2n) is 7.91. The number of rotatable bonds is 8. The van der Waals surface area contributed by atoms with Crippen LogP contribution in [0, 0.1) is 11.7 Å². The zero-order chi connectivity index (χ0) is 21.7. The molecule has 3 rings (SSSR count). The van der Waals surface area contributed by atoms with E-state index in [0.29, 0.717) is 19.1 Å². The average molecular weight is 436 g/mol. The van der Waals surface area contributed by atoms with Gasteiger partial charge in [-0.15, -0.1) is 10.2 Å². The number of halogens is 1. The average Bonchev–Trinajstić information content (AvgIpc) is 3.13. The molecule has 1 aliphatic rings. The van der Waals surface area contributed by atoms with Gasteiger partial charge in [0.1, 0.15) is 5.82 Å². The van der Waals surface area contributed by atoms with Crippen LogP contribution in [-0.2, 0) is 16.1 Å². The molecule has 1 atom stereocenters. The molecular weight excluding hydrogens is 405 g/mol. The molecule has 2 aromatic rings. The fraction of sp³-hybridized carbons (Fsp3) is 0.571. The summed E-state index contributed by atoms with van der Waals surface area (Å²) in [6, 6.07) is 6.12. The molecule has 0 spiro atoms. The van der Waals surface area contributed by atoms with Crippen molar-refractivity contribution in [3.05, 3.63) is 35.6 Å². The first-order valence-corrected chi connectivity index (χ1v) is 11.2. The molecule has 0 bridgehead atoms. The van der Waals surface area contributed by atoms with Crippen molar-refractivity contribution in [1.82, 2.24) is 19.7 Å². The van der Waals surface area contributed by atoms with Gasteiger partial charge < -0.3 is 14.5 Å². The lowest BCUT2D eigenvalue weighted by Crippen LogP contribution is -2.38. The molecule has 1 amide bonds. The topological polar surface area (TPSA) is 63.5 Å². The molecule has 9 heteroatoms. The number of thioether (sulfide) groups is 1. The predicted molar refractivity (Wildman–Crippen MR) is 116 cm³/mol. The van der Waals surface area contributed by atoms with Gasteiger partial charge in [-0.25, -0.2) is 4.39 Å². The minimum atomic E-state index is -0.281. The summed E-state index contributed by atoms with van der Waals surface area (Å²) in [5.74, 6) is 1.24. The molecular formula is C21H30FN5O2S. The van der Waals surface area contributed by atoms with Crippen molar-refractivity contribution < 1.29 is 13.9 Å². The summed E-state index contributed by atoms with van der Waals surface area (Å²) in [4.78, 5) is 16.7. The highest BCUT2D eigenvalue weighted by Gasteiger charge is 2.23. The van der Waals surface area contributed by atoms with E-state index >= 15 is 0 Å². The maximum absolute atomic E-state index is 13.2. The van der Waals surface area contributed by atoms with E-state index in [1.54, 1.807) is 24.1 Å². The van der Waals surface area contributed by atoms with Crippen LogP contribution >= 0.6 is 11.8 Å². The number of hydrogen-bond donors (Lipinski definition) is 0. The highest BCUT2D eigenvalue weighted by atomic mass is 32.2. The molecule has 0 saturated carbocycles. The van der Waals surface area contributed by atoms with Gasteiger partial charge >= 0.3 is 0 Å². The van der Waals surface area contributed by atoms with E-state index < -0.39 is 0 Å². The van der Waals surface area contributed by atoms with E-state index in [1.165, 1.54) is 23.9 Å². The van der Waals surface area contributed by atoms with Crippen LogP contribution < -0.4 is 4.90 Å². The van der Waals surface area contributed by atoms with Gasteiger partial charge in [-0.05, 0) is 30.5 Å². The highest BCUT2D eigenvalue weighted by Crippen LogP contribution is 2.26. The molecule has 1 aromatic carbocycles. The van der Waals surface area contributed by atoms with Crippen LogP contribution in [0.25, 0.3) is 0 Å². The minimum absolute atomic E-state index is 0.0103. The number of hydrogen-bond acceptors (Lipinski definition) is 6. The van der Waals surface area contributed by atoms with Crippen molar-refractivity contribution in [2.75, 3.05) is 44.0 Å². The zero-order valence-corrected chi connectivity index (χ0v) is 18.9.